The molecule has 1 amide bonds. The van der Waals surface area contributed by atoms with Gasteiger partial charge in [0.1, 0.15) is 6.04 Å². The molecule has 1 atom stereocenters. The number of nitrogens with one attached hydrogen (secondary N) is 2. The molecule has 0 aliphatic rings. The van der Waals surface area contributed by atoms with Crippen molar-refractivity contribution < 1.29 is 9.53 Å². The summed E-state index contributed by atoms with van der Waals surface area (Å²) in [5, 5.41) is 5.96. The van der Waals surface area contributed by atoms with E-state index >= 15 is 0 Å². The van der Waals surface area contributed by atoms with Crippen molar-refractivity contribution in [3.05, 3.63) is 45.5 Å². The number of rotatable bonds is 5. The number of halogens is 2. The van der Waals surface area contributed by atoms with Gasteiger partial charge >= 0.3 is 0 Å². The molecule has 0 bridgehead atoms. The molecule has 0 fully saturated rings. The van der Waals surface area contributed by atoms with Crippen molar-refractivity contribution in [1.82, 2.24) is 4.98 Å². The van der Waals surface area contributed by atoms with Gasteiger partial charge in [0, 0.05) is 15.0 Å². The van der Waals surface area contributed by atoms with Crippen molar-refractivity contribution in [2.75, 3.05) is 17.7 Å². The first-order valence-corrected chi connectivity index (χ1v) is 8.10. The summed E-state index contributed by atoms with van der Waals surface area (Å²) in [6, 6.07) is 8.70. The molecule has 2 aromatic rings. The van der Waals surface area contributed by atoms with Gasteiger partial charge in [-0.1, -0.05) is 15.9 Å². The summed E-state index contributed by atoms with van der Waals surface area (Å²) in [5.74, 6) is 0.389. The predicted molar refractivity (Wildman–Crippen MR) is 94.3 cm³/mol. The number of carbonyl (C=O) groups is 1. The van der Waals surface area contributed by atoms with Crippen LogP contribution in [0.5, 0.6) is 5.88 Å². The molecule has 22 heavy (non-hydrogen) atoms. The molecular formula is C15H15Br2N3O2. The zero-order chi connectivity index (χ0) is 16.1. The Hall–Kier alpha value is -1.60. The molecule has 0 aliphatic carbocycles. The Morgan fingerprint density at radius 3 is 2.64 bits per heavy atom. The second-order valence-corrected chi connectivity index (χ2v) is 6.34. The van der Waals surface area contributed by atoms with Crippen molar-refractivity contribution in [2.45, 2.75) is 13.0 Å². The molecule has 0 saturated heterocycles. The fraction of sp³-hybridized carbons (Fsp3) is 0.200. The van der Waals surface area contributed by atoms with Crippen LogP contribution < -0.4 is 15.4 Å². The number of hydrogen-bond acceptors (Lipinski definition) is 4. The summed E-state index contributed by atoms with van der Waals surface area (Å²) >= 11 is 6.79. The molecule has 1 heterocycles. The minimum absolute atomic E-state index is 0.140. The lowest BCUT2D eigenvalue weighted by atomic mass is 10.2. The highest BCUT2D eigenvalue weighted by molar-refractivity contribution is 9.11. The molecule has 0 spiro atoms. The molecule has 0 unspecified atom stereocenters. The van der Waals surface area contributed by atoms with E-state index in [0.29, 0.717) is 5.88 Å². The summed E-state index contributed by atoms with van der Waals surface area (Å²) in [6.07, 6.45) is 1.62. The minimum atomic E-state index is -0.411. The normalized spacial score (nSPS) is 11.6. The van der Waals surface area contributed by atoms with Gasteiger partial charge in [-0.2, -0.15) is 0 Å². The minimum Gasteiger partial charge on any atom is -0.481 e. The maximum atomic E-state index is 12.2. The lowest BCUT2D eigenvalue weighted by Gasteiger charge is -2.16. The topological polar surface area (TPSA) is 63.2 Å². The lowest BCUT2D eigenvalue weighted by molar-refractivity contribution is -0.116. The van der Waals surface area contributed by atoms with Crippen LogP contribution in [0.3, 0.4) is 0 Å². The highest BCUT2D eigenvalue weighted by Gasteiger charge is 2.14. The number of nitrogens with zero attached hydrogens (tertiary/aromatic N) is 1. The Bertz CT molecular complexity index is 662. The van der Waals surface area contributed by atoms with Crippen molar-refractivity contribution in [3.8, 4) is 5.88 Å². The van der Waals surface area contributed by atoms with E-state index in [-0.39, 0.29) is 5.91 Å². The number of carbonyl (C=O) groups excluding carboxylic acids is 1. The summed E-state index contributed by atoms with van der Waals surface area (Å²) in [4.78, 5) is 16.3. The summed E-state index contributed by atoms with van der Waals surface area (Å²) < 4.78 is 6.75. The average molecular weight is 429 g/mol. The Labute approximate surface area is 145 Å². The van der Waals surface area contributed by atoms with Crippen LogP contribution in [0.1, 0.15) is 6.92 Å². The van der Waals surface area contributed by atoms with Gasteiger partial charge < -0.3 is 15.4 Å². The summed E-state index contributed by atoms with van der Waals surface area (Å²) in [7, 11) is 1.56. The highest BCUT2D eigenvalue weighted by atomic mass is 79.9. The number of aromatic nitrogens is 1. The first kappa shape index (κ1) is 16.8. The van der Waals surface area contributed by atoms with Crippen LogP contribution >= 0.6 is 31.9 Å². The highest BCUT2D eigenvalue weighted by Crippen LogP contribution is 2.26. The molecule has 2 rings (SSSR count). The third kappa shape index (κ3) is 4.45. The fourth-order valence-corrected chi connectivity index (χ4v) is 2.88. The van der Waals surface area contributed by atoms with Gasteiger partial charge in [0.15, 0.2) is 0 Å². The first-order chi connectivity index (χ1) is 10.5. The van der Waals surface area contributed by atoms with Crippen molar-refractivity contribution >= 4 is 49.1 Å². The molecule has 0 radical (unpaired) electrons. The largest absolute Gasteiger partial charge is 0.481 e. The Morgan fingerprint density at radius 2 is 2.05 bits per heavy atom. The number of methoxy groups -OCH3 is 1. The second-order valence-electron chi connectivity index (χ2n) is 4.57. The molecule has 0 saturated carbocycles. The molecule has 116 valence electrons. The maximum Gasteiger partial charge on any atom is 0.246 e. The van der Waals surface area contributed by atoms with Crippen LogP contribution in [0.15, 0.2) is 45.5 Å². The molecule has 1 aromatic heterocycles. The SMILES string of the molecule is COc1ccc(N[C@H](C)C(=O)Nc2ccc(Br)cc2Br)cn1. The molecule has 5 nitrogen and oxygen atoms in total. The molecular weight excluding hydrogens is 414 g/mol. The number of benzene rings is 1. The molecule has 2 N–H and O–H groups in total. The number of amides is 1. The standard InChI is InChI=1S/C15H15Br2N3O2/c1-9(19-11-4-6-14(22-2)18-8-11)15(21)20-13-5-3-10(16)7-12(13)17/h3-9,19H,1-2H3,(H,20,21)/t9-/m1/s1. The zero-order valence-corrected chi connectivity index (χ0v) is 15.2. The van der Waals surface area contributed by atoms with Crippen LogP contribution in [0.25, 0.3) is 0 Å². The van der Waals surface area contributed by atoms with Gasteiger partial charge in [-0.3, -0.25) is 4.79 Å². The van der Waals surface area contributed by atoms with Gasteiger partial charge in [-0.25, -0.2) is 4.98 Å². The van der Waals surface area contributed by atoms with Crippen molar-refractivity contribution in [2.24, 2.45) is 0 Å². The van der Waals surface area contributed by atoms with Crippen LogP contribution in [0.2, 0.25) is 0 Å². The van der Waals surface area contributed by atoms with E-state index in [1.165, 1.54) is 0 Å². The van der Waals surface area contributed by atoms with Crippen molar-refractivity contribution in [1.29, 1.82) is 0 Å². The van der Waals surface area contributed by atoms with E-state index in [0.717, 1.165) is 20.3 Å². The van der Waals surface area contributed by atoms with Crippen molar-refractivity contribution in [3.63, 3.8) is 0 Å². The molecule has 7 heteroatoms. The Balaban J connectivity index is 1.99. The van der Waals surface area contributed by atoms with Crippen LogP contribution in [-0.2, 0) is 4.79 Å². The van der Waals surface area contributed by atoms with E-state index in [9.17, 15) is 4.79 Å². The molecule has 1 aromatic carbocycles. The van der Waals surface area contributed by atoms with Gasteiger partial charge in [0.05, 0.1) is 24.7 Å². The monoisotopic (exact) mass is 427 g/mol. The first-order valence-electron chi connectivity index (χ1n) is 6.52. The number of ether oxygens (including phenoxy) is 1. The quantitative estimate of drug-likeness (QED) is 0.753. The van der Waals surface area contributed by atoms with Gasteiger partial charge in [0.2, 0.25) is 11.8 Å². The van der Waals surface area contributed by atoms with E-state index in [1.54, 1.807) is 26.3 Å². The van der Waals surface area contributed by atoms with E-state index in [4.69, 9.17) is 4.74 Å². The summed E-state index contributed by atoms with van der Waals surface area (Å²) in [5.41, 5.74) is 1.47. The van der Waals surface area contributed by atoms with E-state index in [1.807, 2.05) is 24.3 Å². The Kier molecular flexibility index (Phi) is 5.79. The van der Waals surface area contributed by atoms with E-state index < -0.39 is 6.04 Å². The number of pyridine rings is 1. The lowest BCUT2D eigenvalue weighted by Crippen LogP contribution is -2.32. The van der Waals surface area contributed by atoms with Crippen LogP contribution in [-0.4, -0.2) is 24.0 Å². The maximum absolute atomic E-state index is 12.2. The third-order valence-electron chi connectivity index (χ3n) is 2.91. The van der Waals surface area contributed by atoms with Gasteiger partial charge in [-0.05, 0) is 47.1 Å². The second kappa shape index (κ2) is 7.60. The smallest absolute Gasteiger partial charge is 0.246 e. The third-order valence-corrected chi connectivity index (χ3v) is 4.06. The number of anilines is 2. The number of hydrogen-bond donors (Lipinski definition) is 2. The summed E-state index contributed by atoms with van der Waals surface area (Å²) in [6.45, 7) is 1.78. The Morgan fingerprint density at radius 1 is 1.27 bits per heavy atom. The van der Waals surface area contributed by atoms with E-state index in [2.05, 4.69) is 47.5 Å². The fourth-order valence-electron chi connectivity index (χ4n) is 1.73. The zero-order valence-electron chi connectivity index (χ0n) is 12.1. The predicted octanol–water partition coefficient (Wildman–Crippen LogP) is 4.05. The van der Waals surface area contributed by atoms with Gasteiger partial charge in [0.25, 0.3) is 0 Å². The van der Waals surface area contributed by atoms with Gasteiger partial charge in [-0.15, -0.1) is 0 Å². The van der Waals surface area contributed by atoms with Crippen LogP contribution in [0.4, 0.5) is 11.4 Å². The van der Waals surface area contributed by atoms with Crippen LogP contribution in [0, 0.1) is 0 Å². The average Bonchev–Trinajstić information content (AvgIpc) is 2.50. The molecule has 0 aliphatic heterocycles.